The first-order chi connectivity index (χ1) is 18.1. The maximum absolute atomic E-state index is 13.4. The number of ether oxygens (including phenoxy) is 3. The summed E-state index contributed by atoms with van der Waals surface area (Å²) in [5.41, 5.74) is -0.882. The second kappa shape index (κ2) is 12.7. The molecule has 1 N–H and O–H groups in total. The van der Waals surface area contributed by atoms with E-state index in [1.807, 2.05) is 52.1 Å². The fourth-order valence-electron chi connectivity index (χ4n) is 3.96. The van der Waals surface area contributed by atoms with Crippen molar-refractivity contribution in [2.24, 2.45) is 0 Å². The van der Waals surface area contributed by atoms with Gasteiger partial charge >= 0.3 is 33.3 Å². The van der Waals surface area contributed by atoms with Crippen LogP contribution in [0.5, 0.6) is 5.75 Å². The number of hydrogen-bond donors (Lipinski definition) is 1. The van der Waals surface area contributed by atoms with Gasteiger partial charge in [0.15, 0.2) is 5.75 Å². The minimum atomic E-state index is -5.60. The predicted molar refractivity (Wildman–Crippen MR) is 152 cm³/mol. The minimum Gasteiger partial charge on any atom is -0.462 e. The third-order valence-corrected chi connectivity index (χ3v) is 8.40. The van der Waals surface area contributed by atoms with Crippen LogP contribution in [-0.4, -0.2) is 48.3 Å². The molecular formula is C25H24F2I2O9S. The van der Waals surface area contributed by atoms with Gasteiger partial charge in [0, 0.05) is 9.99 Å². The average Bonchev–Trinajstić information content (AvgIpc) is 3.28. The van der Waals surface area contributed by atoms with Crippen LogP contribution in [0, 0.1) is 7.14 Å². The molecule has 1 fully saturated rings. The molecule has 1 saturated carbocycles. The van der Waals surface area contributed by atoms with E-state index in [0.717, 1.165) is 12.8 Å². The minimum absolute atomic E-state index is 0.0000326. The van der Waals surface area contributed by atoms with Crippen LogP contribution in [-0.2, 0) is 19.6 Å². The van der Waals surface area contributed by atoms with Crippen LogP contribution in [0.1, 0.15) is 76.5 Å². The Bertz CT molecular complexity index is 1370. The highest BCUT2D eigenvalue weighted by Crippen LogP contribution is 2.34. The average molecular weight is 792 g/mol. The van der Waals surface area contributed by atoms with Crippen LogP contribution in [0.4, 0.5) is 8.78 Å². The quantitative estimate of drug-likeness (QED) is 0.101. The normalized spacial score (nSPS) is 15.0. The largest absolute Gasteiger partial charge is 0.462 e. The lowest BCUT2D eigenvalue weighted by Crippen LogP contribution is -2.29. The van der Waals surface area contributed by atoms with E-state index in [9.17, 15) is 31.6 Å². The number of rotatable bonds is 10. The Hall–Kier alpha value is -1.92. The van der Waals surface area contributed by atoms with E-state index in [2.05, 4.69) is 0 Å². The molecule has 0 aliphatic heterocycles. The molecule has 0 radical (unpaired) electrons. The molecule has 212 valence electrons. The summed E-state index contributed by atoms with van der Waals surface area (Å²) in [6.07, 6.45) is 1.46. The molecule has 1 aliphatic rings. The van der Waals surface area contributed by atoms with E-state index < -0.39 is 58.3 Å². The van der Waals surface area contributed by atoms with Crippen LogP contribution >= 0.6 is 45.2 Å². The van der Waals surface area contributed by atoms with Crippen molar-refractivity contribution in [1.29, 1.82) is 0 Å². The number of carbonyl (C=O) groups excluding carboxylic acids is 3. The fraction of sp³-hybridized carbons (Fsp3) is 0.400. The SMILES string of the molecule is CC1(OC(=O)c2ccccc2C(=O)Oc2c(I)cc(I)cc2C(=O)OCCCC(F)(F)S(=O)(=O)O)CCCC1. The van der Waals surface area contributed by atoms with Crippen LogP contribution < -0.4 is 4.74 Å². The first-order valence-corrected chi connectivity index (χ1v) is 15.3. The summed E-state index contributed by atoms with van der Waals surface area (Å²) >= 11 is 3.76. The molecule has 3 rings (SSSR count). The Labute approximate surface area is 251 Å². The lowest BCUT2D eigenvalue weighted by atomic mass is 10.0. The summed E-state index contributed by atoms with van der Waals surface area (Å²) in [6, 6.07) is 8.93. The molecule has 2 aromatic carbocycles. The molecule has 0 heterocycles. The highest BCUT2D eigenvalue weighted by molar-refractivity contribution is 14.1. The van der Waals surface area contributed by atoms with E-state index in [-0.39, 0.29) is 22.4 Å². The van der Waals surface area contributed by atoms with Crippen LogP contribution in [0.25, 0.3) is 0 Å². The molecule has 0 aromatic heterocycles. The van der Waals surface area contributed by atoms with Crippen molar-refractivity contribution in [2.45, 2.75) is 56.3 Å². The molecule has 0 spiro atoms. The molecule has 0 unspecified atom stereocenters. The number of esters is 3. The number of halogens is 4. The maximum Gasteiger partial charge on any atom is 0.370 e. The highest BCUT2D eigenvalue weighted by atomic mass is 127. The second-order valence-corrected chi connectivity index (χ2v) is 13.1. The first kappa shape index (κ1) is 31.6. The van der Waals surface area contributed by atoms with Crippen LogP contribution in [0.3, 0.4) is 0 Å². The molecule has 39 heavy (non-hydrogen) atoms. The zero-order valence-electron chi connectivity index (χ0n) is 20.5. The van der Waals surface area contributed by atoms with Gasteiger partial charge in [-0.2, -0.15) is 17.2 Å². The molecule has 9 nitrogen and oxygen atoms in total. The van der Waals surface area contributed by atoms with Crippen molar-refractivity contribution in [1.82, 2.24) is 0 Å². The van der Waals surface area contributed by atoms with Gasteiger partial charge < -0.3 is 14.2 Å². The molecule has 2 aromatic rings. The zero-order chi connectivity index (χ0) is 29.0. The van der Waals surface area contributed by atoms with Crippen molar-refractivity contribution >= 4 is 73.2 Å². The van der Waals surface area contributed by atoms with Crippen molar-refractivity contribution in [3.8, 4) is 5.75 Å². The molecule has 0 amide bonds. The fourth-order valence-corrected chi connectivity index (χ4v) is 6.31. The van der Waals surface area contributed by atoms with Gasteiger partial charge in [-0.05, 0) is 108 Å². The third kappa shape index (κ3) is 8.07. The summed E-state index contributed by atoms with van der Waals surface area (Å²) in [5, 5.41) is -4.39. The maximum atomic E-state index is 13.4. The van der Waals surface area contributed by atoms with Gasteiger partial charge in [-0.25, -0.2) is 14.4 Å². The van der Waals surface area contributed by atoms with E-state index in [4.69, 9.17) is 18.8 Å². The molecule has 1 aliphatic carbocycles. The van der Waals surface area contributed by atoms with Crippen molar-refractivity contribution in [3.05, 3.63) is 60.2 Å². The smallest absolute Gasteiger partial charge is 0.370 e. The topological polar surface area (TPSA) is 133 Å². The monoisotopic (exact) mass is 792 g/mol. The third-order valence-electron chi connectivity index (χ3n) is 6.01. The molecular weight excluding hydrogens is 768 g/mol. The van der Waals surface area contributed by atoms with E-state index in [1.165, 1.54) is 18.2 Å². The Morgan fingerprint density at radius 1 is 1.00 bits per heavy atom. The molecule has 0 saturated heterocycles. The van der Waals surface area contributed by atoms with E-state index in [1.54, 1.807) is 18.2 Å². The van der Waals surface area contributed by atoms with E-state index >= 15 is 0 Å². The number of benzene rings is 2. The number of carbonyl (C=O) groups is 3. The first-order valence-electron chi connectivity index (χ1n) is 11.7. The Balaban J connectivity index is 1.78. The van der Waals surface area contributed by atoms with Crippen LogP contribution in [0.2, 0.25) is 0 Å². The van der Waals surface area contributed by atoms with Crippen molar-refractivity contribution < 1.29 is 50.3 Å². The lowest BCUT2D eigenvalue weighted by molar-refractivity contribution is -0.00637. The van der Waals surface area contributed by atoms with Gasteiger partial charge in [-0.3, -0.25) is 4.55 Å². The Morgan fingerprint density at radius 3 is 2.18 bits per heavy atom. The summed E-state index contributed by atoms with van der Waals surface area (Å²) in [4.78, 5) is 38.9. The van der Waals surface area contributed by atoms with Gasteiger partial charge in [-0.1, -0.05) is 12.1 Å². The second-order valence-electron chi connectivity index (χ2n) is 9.10. The molecule has 14 heteroatoms. The summed E-state index contributed by atoms with van der Waals surface area (Å²) in [6.45, 7) is 1.25. The highest BCUT2D eigenvalue weighted by Gasteiger charge is 2.43. The van der Waals surface area contributed by atoms with Crippen molar-refractivity contribution in [3.63, 3.8) is 0 Å². The molecule has 0 bridgehead atoms. The summed E-state index contributed by atoms with van der Waals surface area (Å²) < 4.78 is 74.0. The number of alkyl halides is 2. The van der Waals surface area contributed by atoms with Crippen LogP contribution in [0.15, 0.2) is 36.4 Å². The Kier molecular flexibility index (Phi) is 10.3. The molecule has 0 atom stereocenters. The van der Waals surface area contributed by atoms with Gasteiger partial charge in [0.1, 0.15) is 11.2 Å². The van der Waals surface area contributed by atoms with Gasteiger partial charge in [0.05, 0.1) is 21.3 Å². The van der Waals surface area contributed by atoms with Gasteiger partial charge in [-0.15, -0.1) is 0 Å². The summed E-state index contributed by atoms with van der Waals surface area (Å²) in [5.74, 6) is -2.78. The predicted octanol–water partition coefficient (Wildman–Crippen LogP) is 6.02. The zero-order valence-corrected chi connectivity index (χ0v) is 25.7. The van der Waals surface area contributed by atoms with E-state index in [0.29, 0.717) is 20.0 Å². The van der Waals surface area contributed by atoms with Crippen molar-refractivity contribution in [2.75, 3.05) is 6.61 Å². The number of hydrogen-bond acceptors (Lipinski definition) is 8. The van der Waals surface area contributed by atoms with Gasteiger partial charge in [0.25, 0.3) is 0 Å². The van der Waals surface area contributed by atoms with Gasteiger partial charge in [0.2, 0.25) is 0 Å². The Morgan fingerprint density at radius 2 is 1.59 bits per heavy atom. The standard InChI is InChI=1S/C25H24F2I2O9S/c1-24(9-4-5-10-24)38-23(32)17-8-3-2-7-16(17)22(31)37-20-18(13-15(28)14-19(20)29)21(30)36-12-6-11-25(26,27)39(33,34)35/h2-3,7-8,13-14H,4-6,9-12H2,1H3,(H,33,34,35). The summed E-state index contributed by atoms with van der Waals surface area (Å²) in [7, 11) is -5.60. The lowest BCUT2D eigenvalue weighted by Gasteiger charge is -2.24.